The van der Waals surface area contributed by atoms with Gasteiger partial charge in [-0.2, -0.15) is 0 Å². The molecule has 1 fully saturated rings. The van der Waals surface area contributed by atoms with E-state index in [1.807, 2.05) is 38.1 Å². The predicted octanol–water partition coefficient (Wildman–Crippen LogP) is 12.3. The Morgan fingerprint density at radius 1 is 1.02 bits per heavy atom. The second-order valence-corrected chi connectivity index (χ2v) is 24.1. The SMILES string of the molecule is C=C(CC(C)CC1CC=CC(CC=C(Br)Br)O1)CC(/C=C\CC(OCc1ccc(OC)cc1)C1COC(C)(C)O1)O[Si](C(C)C)(C(C)C)C(C)C. The van der Waals surface area contributed by atoms with Gasteiger partial charge in [0.1, 0.15) is 11.9 Å². The third-order valence-electron chi connectivity index (χ3n) is 10.3. The average Bonchev–Trinajstić information content (AvgIpc) is 3.42. The fraction of sp³-hybridized carbons (Fsp3) is 0.667. The molecule has 6 nitrogen and oxygen atoms in total. The van der Waals surface area contributed by atoms with Crippen molar-refractivity contribution >= 4 is 40.2 Å². The second kappa shape index (κ2) is 21.2. The van der Waals surface area contributed by atoms with Gasteiger partial charge in [-0.05, 0) is 124 Å². The van der Waals surface area contributed by atoms with Crippen LogP contribution in [0.5, 0.6) is 5.75 Å². The van der Waals surface area contributed by atoms with Gasteiger partial charge < -0.3 is 28.1 Å². The number of rotatable bonds is 21. The molecule has 6 atom stereocenters. The number of hydrogen-bond acceptors (Lipinski definition) is 6. The van der Waals surface area contributed by atoms with E-state index in [1.165, 1.54) is 5.57 Å². The van der Waals surface area contributed by atoms with Gasteiger partial charge in [-0.15, -0.1) is 0 Å². The second-order valence-electron chi connectivity index (χ2n) is 15.9. The minimum Gasteiger partial charge on any atom is -0.497 e. The summed E-state index contributed by atoms with van der Waals surface area (Å²) in [6, 6.07) is 8.02. The molecule has 0 saturated carbocycles. The highest BCUT2D eigenvalue weighted by atomic mass is 79.9. The van der Waals surface area contributed by atoms with E-state index in [4.69, 9.17) is 28.1 Å². The van der Waals surface area contributed by atoms with E-state index in [1.54, 1.807) is 7.11 Å². The van der Waals surface area contributed by atoms with Crippen molar-refractivity contribution < 1.29 is 28.1 Å². The van der Waals surface area contributed by atoms with Crippen molar-refractivity contribution in [3.63, 3.8) is 0 Å². The third kappa shape index (κ3) is 14.3. The zero-order chi connectivity index (χ0) is 37.8. The lowest BCUT2D eigenvalue weighted by molar-refractivity contribution is -0.157. The molecule has 0 radical (unpaired) electrons. The zero-order valence-corrected chi connectivity index (χ0v) is 37.1. The Hall–Kier alpha value is -1.04. The van der Waals surface area contributed by atoms with Crippen LogP contribution in [0, 0.1) is 5.92 Å². The molecule has 1 aromatic carbocycles. The van der Waals surface area contributed by atoms with Gasteiger partial charge in [-0.1, -0.05) is 103 Å². The molecule has 2 aliphatic heterocycles. The molecule has 0 aliphatic carbocycles. The highest BCUT2D eigenvalue weighted by Gasteiger charge is 2.46. The molecule has 1 aromatic rings. The van der Waals surface area contributed by atoms with Crippen LogP contribution in [0.2, 0.25) is 16.6 Å². The van der Waals surface area contributed by atoms with Crippen molar-refractivity contribution in [1.29, 1.82) is 0 Å². The highest BCUT2D eigenvalue weighted by Crippen LogP contribution is 2.44. The monoisotopic (exact) mass is 852 g/mol. The van der Waals surface area contributed by atoms with Crippen LogP contribution >= 0.6 is 31.9 Å². The topological polar surface area (TPSA) is 55.4 Å². The predicted molar refractivity (Wildman–Crippen MR) is 221 cm³/mol. The summed E-state index contributed by atoms with van der Waals surface area (Å²) < 4.78 is 39.0. The van der Waals surface area contributed by atoms with Crippen LogP contribution in [0.3, 0.4) is 0 Å². The van der Waals surface area contributed by atoms with Gasteiger partial charge in [0.2, 0.25) is 8.32 Å². The summed E-state index contributed by atoms with van der Waals surface area (Å²) >= 11 is 6.92. The molecular formula is C42H66Br2O6Si. The third-order valence-corrected chi connectivity index (χ3v) is 17.0. The summed E-state index contributed by atoms with van der Waals surface area (Å²) in [5.41, 5.74) is 3.77. The van der Waals surface area contributed by atoms with Gasteiger partial charge in [-0.3, -0.25) is 0 Å². The molecule has 0 aromatic heterocycles. The van der Waals surface area contributed by atoms with Gasteiger partial charge in [0.05, 0.1) is 48.1 Å². The van der Waals surface area contributed by atoms with Gasteiger partial charge in [0.15, 0.2) is 5.79 Å². The van der Waals surface area contributed by atoms with Crippen molar-refractivity contribution in [2.75, 3.05) is 13.7 Å². The molecule has 6 unspecified atom stereocenters. The number of benzene rings is 1. The Morgan fingerprint density at radius 2 is 1.69 bits per heavy atom. The Kier molecular flexibility index (Phi) is 18.4. The molecule has 0 spiro atoms. The van der Waals surface area contributed by atoms with E-state index in [-0.39, 0.29) is 30.5 Å². The summed E-state index contributed by atoms with van der Waals surface area (Å²) in [7, 11) is -0.483. The van der Waals surface area contributed by atoms with E-state index < -0.39 is 14.1 Å². The van der Waals surface area contributed by atoms with Gasteiger partial charge in [-0.25, -0.2) is 0 Å². The fourth-order valence-corrected chi connectivity index (χ4v) is 13.8. The maximum Gasteiger partial charge on any atom is 0.201 e. The smallest absolute Gasteiger partial charge is 0.201 e. The molecule has 0 bridgehead atoms. The first-order valence-electron chi connectivity index (χ1n) is 18.9. The Balaban J connectivity index is 1.75. The first-order chi connectivity index (χ1) is 24.0. The molecule has 51 heavy (non-hydrogen) atoms. The lowest BCUT2D eigenvalue weighted by atomic mass is 9.91. The molecule has 3 rings (SSSR count). The van der Waals surface area contributed by atoms with E-state index in [9.17, 15) is 0 Å². The van der Waals surface area contributed by atoms with E-state index in [2.05, 4.69) is 117 Å². The summed E-state index contributed by atoms with van der Waals surface area (Å²) in [4.78, 5) is 0. The minimum absolute atomic E-state index is 0.0595. The minimum atomic E-state index is -2.16. The van der Waals surface area contributed by atoms with Crippen LogP contribution in [0.15, 0.2) is 70.2 Å². The van der Waals surface area contributed by atoms with E-state index in [0.717, 1.165) is 46.8 Å². The normalized spacial score (nSPS) is 22.5. The van der Waals surface area contributed by atoms with Crippen LogP contribution in [-0.2, 0) is 30.0 Å². The van der Waals surface area contributed by atoms with Crippen LogP contribution in [-0.4, -0.2) is 58.3 Å². The first-order valence-corrected chi connectivity index (χ1v) is 22.7. The molecule has 9 heteroatoms. The van der Waals surface area contributed by atoms with Gasteiger partial charge in [0, 0.05) is 0 Å². The molecule has 288 valence electrons. The lowest BCUT2D eigenvalue weighted by Gasteiger charge is -2.44. The molecule has 2 aliphatic rings. The number of halogens is 2. The first kappa shape index (κ1) is 44.4. The number of hydrogen-bond donors (Lipinski definition) is 0. The van der Waals surface area contributed by atoms with E-state index >= 15 is 0 Å². The summed E-state index contributed by atoms with van der Waals surface area (Å²) in [5, 5.41) is 0. The lowest BCUT2D eigenvalue weighted by Crippen LogP contribution is -2.50. The van der Waals surface area contributed by atoms with Crippen LogP contribution in [0.4, 0.5) is 0 Å². The van der Waals surface area contributed by atoms with Crippen LogP contribution in [0.25, 0.3) is 0 Å². The molecule has 0 N–H and O–H groups in total. The molecular weight excluding hydrogens is 788 g/mol. The fourth-order valence-electron chi connectivity index (χ4n) is 7.95. The van der Waals surface area contributed by atoms with Gasteiger partial charge >= 0.3 is 0 Å². The summed E-state index contributed by atoms with van der Waals surface area (Å²) in [6.45, 7) is 26.0. The highest BCUT2D eigenvalue weighted by molar-refractivity contribution is 9.28. The average molecular weight is 855 g/mol. The maximum atomic E-state index is 7.41. The van der Waals surface area contributed by atoms with Crippen molar-refractivity contribution in [2.45, 2.75) is 160 Å². The molecule has 1 saturated heterocycles. The summed E-state index contributed by atoms with van der Waals surface area (Å²) in [5.74, 6) is 0.659. The van der Waals surface area contributed by atoms with E-state index in [0.29, 0.717) is 42.2 Å². The number of ether oxygens (including phenoxy) is 5. The van der Waals surface area contributed by atoms with Crippen molar-refractivity contribution in [3.8, 4) is 5.75 Å². The quantitative estimate of drug-likeness (QED) is 0.0907. The number of methoxy groups -OCH3 is 1. The Labute approximate surface area is 328 Å². The Morgan fingerprint density at radius 3 is 2.25 bits per heavy atom. The van der Waals surface area contributed by atoms with Crippen LogP contribution < -0.4 is 4.74 Å². The zero-order valence-electron chi connectivity index (χ0n) is 33.0. The molecule has 2 heterocycles. The van der Waals surface area contributed by atoms with Crippen molar-refractivity contribution in [1.82, 2.24) is 0 Å². The van der Waals surface area contributed by atoms with Gasteiger partial charge in [0.25, 0.3) is 0 Å². The standard InChI is InChI=1S/C42H66Br2O6Si/c1-29(2)51(30(3)4,31(5)6)50-38(26-33(8)24-32(7)25-37-15-12-14-36(48-37)22-23-41(43)44)16-13-17-39(40-28-47-42(9,10)49-40)46-27-34-18-20-35(45-11)21-19-34/h12-14,16,18-21,23,29-32,36-40H,8,15,17,22,24-28H2,1-7,9-11H3/b16-13-. The molecule has 0 amide bonds. The maximum absolute atomic E-state index is 7.41. The van der Waals surface area contributed by atoms with Crippen molar-refractivity contribution in [2.24, 2.45) is 5.92 Å². The van der Waals surface area contributed by atoms with Crippen LogP contribution in [0.1, 0.15) is 106 Å². The largest absolute Gasteiger partial charge is 0.497 e. The van der Waals surface area contributed by atoms with Crippen molar-refractivity contribution in [3.05, 3.63) is 75.8 Å². The Bertz CT molecular complexity index is 1260. The summed E-state index contributed by atoms with van der Waals surface area (Å²) in [6.07, 6.45) is 16.3.